The van der Waals surface area contributed by atoms with Crippen molar-refractivity contribution in [1.82, 2.24) is 15.1 Å². The molecule has 3 rings (SSSR count). The number of carbonyl (C=O) groups excluding carboxylic acids is 2. The fourth-order valence-electron chi connectivity index (χ4n) is 2.77. The molecule has 2 N–H and O–H groups in total. The number of nitrogens with zero attached hydrogens (tertiary/aromatic N) is 2. The number of morpholine rings is 1. The lowest BCUT2D eigenvalue weighted by atomic mass is 10.1. The first kappa shape index (κ1) is 19.8. The Morgan fingerprint density at radius 3 is 2.82 bits per heavy atom. The average Bonchev–Trinajstić information content (AvgIpc) is 3.15. The van der Waals surface area contributed by atoms with E-state index in [1.807, 2.05) is 0 Å². The minimum atomic E-state index is -0.611. The van der Waals surface area contributed by atoms with E-state index in [1.165, 1.54) is 23.4 Å². The molecule has 1 aromatic carbocycles. The number of H-pyrrole nitrogens is 1. The minimum Gasteiger partial charge on any atom is -0.444 e. The van der Waals surface area contributed by atoms with Crippen molar-refractivity contribution in [2.45, 2.75) is 32.5 Å². The van der Waals surface area contributed by atoms with E-state index in [0.29, 0.717) is 23.4 Å². The van der Waals surface area contributed by atoms with E-state index in [4.69, 9.17) is 9.47 Å². The molecule has 0 saturated carbocycles. The van der Waals surface area contributed by atoms with Gasteiger partial charge in [-0.3, -0.25) is 9.89 Å². The molecular formula is C19H23FN4O4. The molecule has 0 radical (unpaired) electrons. The highest BCUT2D eigenvalue weighted by Gasteiger charge is 2.30. The van der Waals surface area contributed by atoms with Gasteiger partial charge in [-0.2, -0.15) is 5.10 Å². The molecule has 1 aromatic heterocycles. The van der Waals surface area contributed by atoms with Gasteiger partial charge in [-0.15, -0.1) is 0 Å². The largest absolute Gasteiger partial charge is 0.444 e. The molecule has 0 bridgehead atoms. The van der Waals surface area contributed by atoms with Crippen LogP contribution in [-0.2, 0) is 9.47 Å². The van der Waals surface area contributed by atoms with Gasteiger partial charge in [0.05, 0.1) is 24.9 Å². The second-order valence-corrected chi connectivity index (χ2v) is 7.46. The lowest BCUT2D eigenvalue weighted by Crippen LogP contribution is -2.44. The maximum Gasteiger partial charge on any atom is 0.410 e. The molecule has 0 spiro atoms. The van der Waals surface area contributed by atoms with E-state index in [0.717, 1.165) is 0 Å². The summed E-state index contributed by atoms with van der Waals surface area (Å²) in [5.74, 6) is -0.924. The van der Waals surface area contributed by atoms with Crippen LogP contribution in [0.25, 0.3) is 0 Å². The summed E-state index contributed by atoms with van der Waals surface area (Å²) in [6.45, 7) is 6.22. The molecule has 2 aromatic rings. The van der Waals surface area contributed by atoms with Crippen molar-refractivity contribution in [3.8, 4) is 0 Å². The first-order valence-electron chi connectivity index (χ1n) is 8.92. The van der Waals surface area contributed by atoms with Crippen LogP contribution in [0.4, 0.5) is 14.9 Å². The average molecular weight is 390 g/mol. The maximum atomic E-state index is 14.6. The number of hydrogen-bond acceptors (Lipinski definition) is 5. The summed E-state index contributed by atoms with van der Waals surface area (Å²) in [5.41, 5.74) is 0.361. The molecule has 0 aliphatic carbocycles. The SMILES string of the molecule is CC(C)(C)OC(=O)N1CCOC(c2ccc(NC(=O)c3cn[nH]c3)cc2F)C1. The van der Waals surface area contributed by atoms with Crippen molar-refractivity contribution >= 4 is 17.7 Å². The Balaban J connectivity index is 1.68. The van der Waals surface area contributed by atoms with E-state index in [9.17, 15) is 14.0 Å². The van der Waals surface area contributed by atoms with Gasteiger partial charge in [0.15, 0.2) is 0 Å². The predicted molar refractivity (Wildman–Crippen MR) is 99.4 cm³/mol. The summed E-state index contributed by atoms with van der Waals surface area (Å²) in [6, 6.07) is 4.36. The van der Waals surface area contributed by atoms with E-state index in [-0.39, 0.29) is 13.2 Å². The van der Waals surface area contributed by atoms with Crippen LogP contribution in [0, 0.1) is 5.82 Å². The summed E-state index contributed by atoms with van der Waals surface area (Å²) in [6.07, 6.45) is 1.76. The molecule has 2 heterocycles. The molecule has 1 aliphatic rings. The highest BCUT2D eigenvalue weighted by atomic mass is 19.1. The van der Waals surface area contributed by atoms with Crippen LogP contribution >= 0.6 is 0 Å². The third-order valence-electron chi connectivity index (χ3n) is 4.08. The number of carbonyl (C=O) groups is 2. The summed E-state index contributed by atoms with van der Waals surface area (Å²) >= 11 is 0. The Hall–Kier alpha value is -2.94. The minimum absolute atomic E-state index is 0.187. The normalized spacial score (nSPS) is 17.3. The van der Waals surface area contributed by atoms with Crippen LogP contribution in [0.3, 0.4) is 0 Å². The van der Waals surface area contributed by atoms with Crippen LogP contribution in [0.1, 0.15) is 42.8 Å². The Morgan fingerprint density at radius 1 is 1.39 bits per heavy atom. The van der Waals surface area contributed by atoms with E-state index in [2.05, 4.69) is 15.5 Å². The quantitative estimate of drug-likeness (QED) is 0.839. The Labute approximate surface area is 162 Å². The fourth-order valence-corrected chi connectivity index (χ4v) is 2.77. The van der Waals surface area contributed by atoms with Gasteiger partial charge >= 0.3 is 6.09 Å². The van der Waals surface area contributed by atoms with Gasteiger partial charge in [0.2, 0.25) is 0 Å². The number of hydrogen-bond donors (Lipinski definition) is 2. The molecule has 1 saturated heterocycles. The summed E-state index contributed by atoms with van der Waals surface area (Å²) < 4.78 is 25.7. The number of benzene rings is 1. The first-order valence-corrected chi connectivity index (χ1v) is 8.92. The van der Waals surface area contributed by atoms with Crippen molar-refractivity contribution < 1.29 is 23.5 Å². The molecule has 28 heavy (non-hydrogen) atoms. The van der Waals surface area contributed by atoms with Gasteiger partial charge in [-0.1, -0.05) is 6.07 Å². The smallest absolute Gasteiger partial charge is 0.410 e. The second kappa shape index (κ2) is 7.97. The van der Waals surface area contributed by atoms with Gasteiger partial charge in [0.1, 0.15) is 17.5 Å². The zero-order valence-electron chi connectivity index (χ0n) is 16.0. The Kier molecular flexibility index (Phi) is 5.64. The molecule has 150 valence electrons. The number of rotatable bonds is 3. The number of aromatic nitrogens is 2. The zero-order chi connectivity index (χ0) is 20.3. The van der Waals surface area contributed by atoms with Crippen LogP contribution in [0.15, 0.2) is 30.6 Å². The van der Waals surface area contributed by atoms with E-state index in [1.54, 1.807) is 32.9 Å². The van der Waals surface area contributed by atoms with Gasteiger partial charge in [0.25, 0.3) is 5.91 Å². The highest BCUT2D eigenvalue weighted by Crippen LogP contribution is 2.27. The molecule has 1 unspecified atom stereocenters. The molecule has 1 fully saturated rings. The van der Waals surface area contributed by atoms with Crippen molar-refractivity contribution in [2.75, 3.05) is 25.0 Å². The van der Waals surface area contributed by atoms with Crippen molar-refractivity contribution in [2.24, 2.45) is 0 Å². The van der Waals surface area contributed by atoms with Crippen molar-refractivity contribution in [1.29, 1.82) is 0 Å². The van der Waals surface area contributed by atoms with E-state index < -0.39 is 29.5 Å². The number of anilines is 1. The molecule has 8 nitrogen and oxygen atoms in total. The number of ether oxygens (including phenoxy) is 2. The summed E-state index contributed by atoms with van der Waals surface area (Å²) in [7, 11) is 0. The molecule has 1 aliphatic heterocycles. The number of halogens is 1. The number of amides is 2. The zero-order valence-corrected chi connectivity index (χ0v) is 16.0. The van der Waals surface area contributed by atoms with Gasteiger partial charge in [-0.05, 0) is 32.9 Å². The van der Waals surface area contributed by atoms with Crippen molar-refractivity contribution in [3.05, 3.63) is 47.5 Å². The second-order valence-electron chi connectivity index (χ2n) is 7.46. The first-order chi connectivity index (χ1) is 13.2. The van der Waals surface area contributed by atoms with Gasteiger partial charge in [0, 0.05) is 24.0 Å². The predicted octanol–water partition coefficient (Wildman–Crippen LogP) is 3.11. The summed E-state index contributed by atoms with van der Waals surface area (Å²) in [4.78, 5) is 25.8. The Bertz CT molecular complexity index is 848. The number of aromatic amines is 1. The standard InChI is InChI=1S/C19H23FN4O4/c1-19(2,3)28-18(26)24-6-7-27-16(11-24)14-5-4-13(8-15(14)20)23-17(25)12-9-21-22-10-12/h4-5,8-10,16H,6-7,11H2,1-3H3,(H,21,22)(H,23,25). The maximum absolute atomic E-state index is 14.6. The summed E-state index contributed by atoms with van der Waals surface area (Å²) in [5, 5.41) is 8.85. The highest BCUT2D eigenvalue weighted by molar-refractivity contribution is 6.03. The topological polar surface area (TPSA) is 96.6 Å². The van der Waals surface area contributed by atoms with Crippen molar-refractivity contribution in [3.63, 3.8) is 0 Å². The third kappa shape index (κ3) is 4.86. The molecular weight excluding hydrogens is 367 g/mol. The lowest BCUT2D eigenvalue weighted by molar-refractivity contribution is -0.0443. The third-order valence-corrected chi connectivity index (χ3v) is 4.08. The van der Waals surface area contributed by atoms with Crippen LogP contribution in [0.5, 0.6) is 0 Å². The van der Waals surface area contributed by atoms with Gasteiger partial charge < -0.3 is 19.7 Å². The number of nitrogens with one attached hydrogen (secondary N) is 2. The van der Waals surface area contributed by atoms with E-state index >= 15 is 0 Å². The van der Waals surface area contributed by atoms with Crippen LogP contribution in [0.2, 0.25) is 0 Å². The lowest BCUT2D eigenvalue weighted by Gasteiger charge is -2.34. The molecule has 9 heteroatoms. The molecule has 1 atom stereocenters. The van der Waals surface area contributed by atoms with Crippen LogP contribution in [-0.4, -0.2) is 52.4 Å². The Morgan fingerprint density at radius 2 is 2.18 bits per heavy atom. The molecule has 2 amide bonds. The van der Waals surface area contributed by atoms with Gasteiger partial charge in [-0.25, -0.2) is 9.18 Å². The van der Waals surface area contributed by atoms with Crippen LogP contribution < -0.4 is 5.32 Å². The monoisotopic (exact) mass is 390 g/mol. The fraction of sp³-hybridized carbons (Fsp3) is 0.421.